The zero-order chi connectivity index (χ0) is 13.8. The maximum absolute atomic E-state index is 3.29. The molecule has 1 aromatic carbocycles. The van der Waals surface area contributed by atoms with Crippen molar-refractivity contribution in [1.29, 1.82) is 0 Å². The Labute approximate surface area is 117 Å². The third-order valence-electron chi connectivity index (χ3n) is 3.15. The lowest BCUT2D eigenvalue weighted by Gasteiger charge is -2.09. The molecule has 0 saturated carbocycles. The van der Waals surface area contributed by atoms with Crippen LogP contribution >= 0.6 is 0 Å². The monoisotopic (exact) mass is 261 g/mol. The molecule has 0 heterocycles. The van der Waals surface area contributed by atoms with Gasteiger partial charge in [0.25, 0.3) is 0 Å². The van der Waals surface area contributed by atoms with Gasteiger partial charge in [-0.1, -0.05) is 24.3 Å². The Bertz CT molecular complexity index is 361. The van der Waals surface area contributed by atoms with Crippen LogP contribution in [0.3, 0.4) is 0 Å². The first-order valence-electron chi connectivity index (χ1n) is 7.15. The fraction of sp³-hybridized carbons (Fsp3) is 0.500. The van der Waals surface area contributed by atoms with Crippen LogP contribution in [0.5, 0.6) is 0 Å². The highest BCUT2D eigenvalue weighted by atomic mass is 14.9. The number of hydrogen-bond donors (Lipinski definition) is 3. The number of nitrogens with one attached hydrogen (secondary N) is 3. The van der Waals surface area contributed by atoms with Crippen molar-refractivity contribution in [3.8, 4) is 0 Å². The van der Waals surface area contributed by atoms with E-state index in [0.29, 0.717) is 0 Å². The molecule has 3 nitrogen and oxygen atoms in total. The highest BCUT2D eigenvalue weighted by molar-refractivity contribution is 5.27. The molecule has 0 saturated heterocycles. The van der Waals surface area contributed by atoms with Gasteiger partial charge in [0.2, 0.25) is 0 Å². The van der Waals surface area contributed by atoms with Gasteiger partial charge in [-0.2, -0.15) is 0 Å². The van der Waals surface area contributed by atoms with Crippen LogP contribution in [0.4, 0.5) is 0 Å². The van der Waals surface area contributed by atoms with Crippen molar-refractivity contribution in [2.75, 3.05) is 27.2 Å². The van der Waals surface area contributed by atoms with E-state index in [2.05, 4.69) is 40.2 Å². The van der Waals surface area contributed by atoms with Crippen molar-refractivity contribution in [2.45, 2.75) is 25.7 Å². The molecule has 0 amide bonds. The first-order valence-corrected chi connectivity index (χ1v) is 7.15. The van der Waals surface area contributed by atoms with E-state index in [4.69, 9.17) is 0 Å². The van der Waals surface area contributed by atoms with Crippen LogP contribution in [0.1, 0.15) is 24.0 Å². The molecule has 0 bridgehead atoms. The lowest BCUT2D eigenvalue weighted by Crippen LogP contribution is -2.12. The summed E-state index contributed by atoms with van der Waals surface area (Å²) in [5, 5.41) is 9.45. The van der Waals surface area contributed by atoms with Crippen molar-refractivity contribution in [2.24, 2.45) is 0 Å². The Morgan fingerprint density at radius 2 is 1.63 bits per heavy atom. The minimum Gasteiger partial charge on any atom is -0.393 e. The highest BCUT2D eigenvalue weighted by Crippen LogP contribution is 2.12. The van der Waals surface area contributed by atoms with Gasteiger partial charge >= 0.3 is 0 Å². The number of benzene rings is 1. The van der Waals surface area contributed by atoms with Gasteiger partial charge in [0, 0.05) is 26.0 Å². The fourth-order valence-electron chi connectivity index (χ4n) is 2.09. The summed E-state index contributed by atoms with van der Waals surface area (Å²) in [5.74, 6) is 0. The molecule has 106 valence electrons. The second-order valence-electron chi connectivity index (χ2n) is 4.66. The van der Waals surface area contributed by atoms with E-state index >= 15 is 0 Å². The summed E-state index contributed by atoms with van der Waals surface area (Å²) >= 11 is 0. The summed E-state index contributed by atoms with van der Waals surface area (Å²) in [6.07, 6.45) is 8.62. The second kappa shape index (κ2) is 10.4. The molecule has 0 radical (unpaired) electrons. The Morgan fingerprint density at radius 3 is 2.32 bits per heavy atom. The summed E-state index contributed by atoms with van der Waals surface area (Å²) in [7, 11) is 3.91. The van der Waals surface area contributed by atoms with Gasteiger partial charge in [-0.05, 0) is 50.4 Å². The third-order valence-corrected chi connectivity index (χ3v) is 3.15. The molecule has 0 aromatic heterocycles. The maximum Gasteiger partial charge on any atom is 0.0182 e. The van der Waals surface area contributed by atoms with E-state index < -0.39 is 0 Å². The molecule has 19 heavy (non-hydrogen) atoms. The lowest BCUT2D eigenvalue weighted by molar-refractivity contribution is 0.673. The number of hydrogen-bond acceptors (Lipinski definition) is 3. The van der Waals surface area contributed by atoms with Gasteiger partial charge in [-0.15, -0.1) is 0 Å². The maximum atomic E-state index is 3.29. The van der Waals surface area contributed by atoms with E-state index in [1.807, 2.05) is 26.5 Å². The zero-order valence-electron chi connectivity index (χ0n) is 12.2. The molecule has 0 aliphatic heterocycles. The van der Waals surface area contributed by atoms with E-state index in [1.54, 1.807) is 0 Å². The van der Waals surface area contributed by atoms with Crippen LogP contribution in [0, 0.1) is 0 Å². The predicted octanol–water partition coefficient (Wildman–Crippen LogP) is 2.05. The van der Waals surface area contributed by atoms with Crippen LogP contribution in [-0.2, 0) is 12.8 Å². The van der Waals surface area contributed by atoms with Crippen LogP contribution in [0.15, 0.2) is 36.7 Å². The van der Waals surface area contributed by atoms with E-state index in [0.717, 1.165) is 19.5 Å². The van der Waals surface area contributed by atoms with Crippen molar-refractivity contribution >= 4 is 0 Å². The Hall–Kier alpha value is -1.48. The van der Waals surface area contributed by atoms with Gasteiger partial charge < -0.3 is 16.0 Å². The van der Waals surface area contributed by atoms with Gasteiger partial charge in [0.05, 0.1) is 0 Å². The first kappa shape index (κ1) is 15.6. The van der Waals surface area contributed by atoms with Crippen LogP contribution in [0.25, 0.3) is 0 Å². The highest BCUT2D eigenvalue weighted by Gasteiger charge is 2.01. The standard InChI is InChI=1S/C16H27N3/c1-17-11-6-5-9-15-7-3-4-8-16(15)10-12-19-14-13-18-2/h3-4,7-8,13-14,17-19H,5-6,9-12H2,1-2H3/b14-13-. The summed E-state index contributed by atoms with van der Waals surface area (Å²) in [5.41, 5.74) is 2.97. The molecule has 0 unspecified atom stereocenters. The van der Waals surface area contributed by atoms with Gasteiger partial charge in [0.15, 0.2) is 0 Å². The van der Waals surface area contributed by atoms with Crippen molar-refractivity contribution in [3.63, 3.8) is 0 Å². The topological polar surface area (TPSA) is 36.1 Å². The predicted molar refractivity (Wildman–Crippen MR) is 83.2 cm³/mol. The average Bonchev–Trinajstić information content (AvgIpc) is 2.45. The largest absolute Gasteiger partial charge is 0.393 e. The molecule has 3 heteroatoms. The van der Waals surface area contributed by atoms with Crippen LogP contribution in [-0.4, -0.2) is 27.2 Å². The Kier molecular flexibility index (Phi) is 8.56. The second-order valence-corrected chi connectivity index (χ2v) is 4.66. The zero-order valence-corrected chi connectivity index (χ0v) is 12.2. The molecule has 0 aliphatic carbocycles. The SMILES string of the molecule is CN/C=C\NCCc1ccccc1CCCCNC. The smallest absolute Gasteiger partial charge is 0.0182 e. The molecule has 0 fully saturated rings. The molecular formula is C16H27N3. The van der Waals surface area contributed by atoms with Crippen LogP contribution in [0.2, 0.25) is 0 Å². The summed E-state index contributed by atoms with van der Waals surface area (Å²) in [6, 6.07) is 8.79. The molecule has 0 atom stereocenters. The average molecular weight is 261 g/mol. The van der Waals surface area contributed by atoms with Crippen LogP contribution < -0.4 is 16.0 Å². The van der Waals surface area contributed by atoms with Crippen molar-refractivity contribution in [3.05, 3.63) is 47.8 Å². The third kappa shape index (κ3) is 6.87. The molecule has 0 aliphatic rings. The van der Waals surface area contributed by atoms with E-state index in [-0.39, 0.29) is 0 Å². The number of rotatable bonds is 10. The van der Waals surface area contributed by atoms with E-state index in [1.165, 1.54) is 30.4 Å². The van der Waals surface area contributed by atoms with Gasteiger partial charge in [-0.3, -0.25) is 0 Å². The molecular weight excluding hydrogens is 234 g/mol. The number of unbranched alkanes of at least 4 members (excludes halogenated alkanes) is 1. The minimum absolute atomic E-state index is 0.978. The molecule has 3 N–H and O–H groups in total. The van der Waals surface area contributed by atoms with Crippen molar-refractivity contribution < 1.29 is 0 Å². The minimum atomic E-state index is 0.978. The summed E-state index contributed by atoms with van der Waals surface area (Å²) < 4.78 is 0. The summed E-state index contributed by atoms with van der Waals surface area (Å²) in [4.78, 5) is 0. The lowest BCUT2D eigenvalue weighted by atomic mass is 9.99. The quantitative estimate of drug-likeness (QED) is 0.564. The Balaban J connectivity index is 2.37. The molecule has 1 aromatic rings. The molecule has 0 spiro atoms. The fourth-order valence-corrected chi connectivity index (χ4v) is 2.09. The first-order chi connectivity index (χ1) is 9.38. The van der Waals surface area contributed by atoms with Crippen molar-refractivity contribution in [1.82, 2.24) is 16.0 Å². The van der Waals surface area contributed by atoms with Gasteiger partial charge in [0.1, 0.15) is 0 Å². The summed E-state index contributed by atoms with van der Waals surface area (Å²) in [6.45, 7) is 2.09. The number of aryl methyl sites for hydroxylation is 1. The Morgan fingerprint density at radius 1 is 0.895 bits per heavy atom. The van der Waals surface area contributed by atoms with E-state index in [9.17, 15) is 0 Å². The molecule has 1 rings (SSSR count). The normalized spacial score (nSPS) is 10.8. The van der Waals surface area contributed by atoms with Gasteiger partial charge in [-0.25, -0.2) is 0 Å².